The van der Waals surface area contributed by atoms with Crippen molar-refractivity contribution in [2.75, 3.05) is 18.6 Å². The Hall–Kier alpha value is -2.88. The van der Waals surface area contributed by atoms with Crippen molar-refractivity contribution in [3.63, 3.8) is 0 Å². The van der Waals surface area contributed by atoms with Gasteiger partial charge in [-0.25, -0.2) is 4.79 Å². The van der Waals surface area contributed by atoms with Crippen molar-refractivity contribution < 1.29 is 14.3 Å². The molecule has 1 aliphatic heterocycles. The molecule has 2 aromatic carbocycles. The number of para-hydroxylation sites is 1. The molecule has 0 amide bonds. The van der Waals surface area contributed by atoms with Crippen molar-refractivity contribution >= 4 is 17.4 Å². The molecule has 1 aliphatic rings. The first kappa shape index (κ1) is 18.9. The molecule has 140 valence electrons. The third-order valence-electron chi connectivity index (χ3n) is 5.19. The van der Waals surface area contributed by atoms with Crippen LogP contribution in [0.3, 0.4) is 0 Å². The van der Waals surface area contributed by atoms with E-state index < -0.39 is 5.97 Å². The molecular formula is C23H25NO3. The van der Waals surface area contributed by atoms with Crippen LogP contribution >= 0.6 is 0 Å². The maximum Gasteiger partial charge on any atom is 0.338 e. The highest BCUT2D eigenvalue weighted by Crippen LogP contribution is 2.46. The van der Waals surface area contributed by atoms with E-state index in [1.54, 1.807) is 12.1 Å². The van der Waals surface area contributed by atoms with E-state index in [0.717, 1.165) is 22.5 Å². The van der Waals surface area contributed by atoms with Crippen molar-refractivity contribution in [3.8, 4) is 0 Å². The fraction of sp³-hybridized carbons (Fsp3) is 0.304. The standard InChI is InChI=1S/C23H25NO3/c1-15-10-11-18(16(2)12-15)22(26)27-14-17(25)13-21-23(3,4)19-8-6-7-9-20(19)24(21)5/h6-13H,14H2,1-5H3. The van der Waals surface area contributed by atoms with Crippen LogP contribution in [0, 0.1) is 13.8 Å². The number of anilines is 1. The molecule has 4 nitrogen and oxygen atoms in total. The molecule has 0 aromatic heterocycles. The number of benzene rings is 2. The van der Waals surface area contributed by atoms with Crippen LogP contribution in [0.15, 0.2) is 54.2 Å². The van der Waals surface area contributed by atoms with Gasteiger partial charge in [0.2, 0.25) is 0 Å². The number of likely N-dealkylation sites (N-methyl/N-ethyl adjacent to an activating group) is 1. The summed E-state index contributed by atoms with van der Waals surface area (Å²) in [6.07, 6.45) is 1.59. The average molecular weight is 363 g/mol. The molecule has 0 saturated carbocycles. The monoisotopic (exact) mass is 363 g/mol. The minimum atomic E-state index is -0.471. The van der Waals surface area contributed by atoms with Crippen molar-refractivity contribution in [3.05, 3.63) is 76.5 Å². The first-order valence-corrected chi connectivity index (χ1v) is 9.04. The van der Waals surface area contributed by atoms with Gasteiger partial charge in [-0.3, -0.25) is 4.79 Å². The fourth-order valence-corrected chi connectivity index (χ4v) is 3.71. The molecular weight excluding hydrogens is 338 g/mol. The normalized spacial score (nSPS) is 16.3. The highest BCUT2D eigenvalue weighted by atomic mass is 16.5. The van der Waals surface area contributed by atoms with Crippen LogP contribution in [0.4, 0.5) is 5.69 Å². The number of nitrogens with zero attached hydrogens (tertiary/aromatic N) is 1. The van der Waals surface area contributed by atoms with Gasteiger partial charge in [0.25, 0.3) is 0 Å². The summed E-state index contributed by atoms with van der Waals surface area (Å²) in [6, 6.07) is 13.6. The molecule has 0 radical (unpaired) electrons. The molecule has 0 N–H and O–H groups in total. The Labute approximate surface area is 160 Å². The van der Waals surface area contributed by atoms with Crippen molar-refractivity contribution in [1.82, 2.24) is 0 Å². The van der Waals surface area contributed by atoms with Gasteiger partial charge in [-0.1, -0.05) is 49.7 Å². The summed E-state index contributed by atoms with van der Waals surface area (Å²) < 4.78 is 5.25. The average Bonchev–Trinajstić information content (AvgIpc) is 2.81. The van der Waals surface area contributed by atoms with Gasteiger partial charge in [0.05, 0.1) is 5.56 Å². The Morgan fingerprint density at radius 2 is 1.81 bits per heavy atom. The molecule has 27 heavy (non-hydrogen) atoms. The summed E-state index contributed by atoms with van der Waals surface area (Å²) in [5.41, 5.74) is 5.31. The second-order valence-electron chi connectivity index (χ2n) is 7.59. The summed E-state index contributed by atoms with van der Waals surface area (Å²) in [4.78, 5) is 26.8. The molecule has 0 fully saturated rings. The van der Waals surface area contributed by atoms with Crippen LogP contribution < -0.4 is 4.90 Å². The largest absolute Gasteiger partial charge is 0.454 e. The minimum absolute atomic E-state index is 0.226. The number of esters is 1. The van der Waals surface area contributed by atoms with E-state index in [0.29, 0.717) is 5.56 Å². The Bertz CT molecular complexity index is 940. The maximum atomic E-state index is 12.5. The molecule has 0 saturated heterocycles. The number of hydrogen-bond donors (Lipinski definition) is 0. The maximum absolute atomic E-state index is 12.5. The second kappa shape index (κ2) is 7.03. The number of carbonyl (C=O) groups is 2. The lowest BCUT2D eigenvalue weighted by Gasteiger charge is -2.23. The summed E-state index contributed by atoms with van der Waals surface area (Å²) in [5, 5.41) is 0. The molecule has 2 aromatic rings. The second-order valence-corrected chi connectivity index (χ2v) is 7.59. The van der Waals surface area contributed by atoms with Crippen molar-refractivity contribution in [2.24, 2.45) is 0 Å². The van der Waals surface area contributed by atoms with Gasteiger partial charge in [0, 0.05) is 29.9 Å². The van der Waals surface area contributed by atoms with Gasteiger partial charge in [-0.15, -0.1) is 0 Å². The van der Waals surface area contributed by atoms with Crippen LogP contribution in [-0.4, -0.2) is 25.4 Å². The summed E-state index contributed by atoms with van der Waals surface area (Å²) in [5.74, 6) is -0.697. The topological polar surface area (TPSA) is 46.6 Å². The molecule has 0 spiro atoms. The predicted molar refractivity (Wildman–Crippen MR) is 107 cm³/mol. The van der Waals surface area contributed by atoms with Crippen molar-refractivity contribution in [1.29, 1.82) is 0 Å². The minimum Gasteiger partial charge on any atom is -0.454 e. The van der Waals surface area contributed by atoms with Gasteiger partial charge in [-0.2, -0.15) is 0 Å². The van der Waals surface area contributed by atoms with Crippen molar-refractivity contribution in [2.45, 2.75) is 33.1 Å². The Morgan fingerprint density at radius 1 is 1.11 bits per heavy atom. The lowest BCUT2D eigenvalue weighted by Crippen LogP contribution is -2.25. The number of ether oxygens (including phenoxy) is 1. The highest BCUT2D eigenvalue weighted by Gasteiger charge is 2.38. The number of ketones is 1. The van der Waals surface area contributed by atoms with E-state index in [2.05, 4.69) is 19.9 Å². The van der Waals surface area contributed by atoms with E-state index in [9.17, 15) is 9.59 Å². The van der Waals surface area contributed by atoms with Crippen LogP contribution in [0.1, 0.15) is 40.9 Å². The molecule has 3 rings (SSSR count). The Morgan fingerprint density at radius 3 is 2.48 bits per heavy atom. The smallest absolute Gasteiger partial charge is 0.338 e. The quantitative estimate of drug-likeness (QED) is 0.599. The number of aryl methyl sites for hydroxylation is 2. The number of fused-ring (bicyclic) bond motifs is 1. The summed E-state index contributed by atoms with van der Waals surface area (Å²) >= 11 is 0. The Balaban J connectivity index is 1.73. The summed E-state index contributed by atoms with van der Waals surface area (Å²) in [6.45, 7) is 7.75. The number of rotatable bonds is 4. The highest BCUT2D eigenvalue weighted by molar-refractivity contribution is 5.97. The number of carbonyl (C=O) groups excluding carboxylic acids is 2. The fourth-order valence-electron chi connectivity index (χ4n) is 3.71. The summed E-state index contributed by atoms with van der Waals surface area (Å²) in [7, 11) is 1.95. The molecule has 4 heteroatoms. The van der Waals surface area contributed by atoms with Gasteiger partial charge < -0.3 is 9.64 Å². The van der Waals surface area contributed by atoms with Gasteiger partial charge in [-0.05, 0) is 37.1 Å². The first-order valence-electron chi connectivity index (χ1n) is 9.04. The lowest BCUT2D eigenvalue weighted by molar-refractivity contribution is -0.117. The van der Waals surface area contributed by atoms with E-state index in [-0.39, 0.29) is 17.8 Å². The lowest BCUT2D eigenvalue weighted by atomic mass is 9.83. The zero-order valence-corrected chi connectivity index (χ0v) is 16.5. The SMILES string of the molecule is Cc1ccc(C(=O)OCC(=O)C=C2N(C)c3ccccc3C2(C)C)c(C)c1. The number of allylic oxidation sites excluding steroid dienone is 1. The van der Waals surface area contributed by atoms with Gasteiger partial charge >= 0.3 is 5.97 Å². The van der Waals surface area contributed by atoms with E-state index in [1.807, 2.05) is 56.1 Å². The zero-order valence-electron chi connectivity index (χ0n) is 16.5. The third-order valence-corrected chi connectivity index (χ3v) is 5.19. The van der Waals surface area contributed by atoms with E-state index in [4.69, 9.17) is 4.74 Å². The van der Waals surface area contributed by atoms with Crippen LogP contribution in [0.2, 0.25) is 0 Å². The predicted octanol–water partition coefficient (Wildman–Crippen LogP) is 4.34. The molecule has 0 aliphatic carbocycles. The first-order chi connectivity index (χ1) is 12.7. The van der Waals surface area contributed by atoms with Gasteiger partial charge in [0.15, 0.2) is 12.4 Å². The van der Waals surface area contributed by atoms with Crippen LogP contribution in [0.5, 0.6) is 0 Å². The number of hydrogen-bond acceptors (Lipinski definition) is 4. The molecule has 0 unspecified atom stereocenters. The van der Waals surface area contributed by atoms with Crippen LogP contribution in [0.25, 0.3) is 0 Å². The van der Waals surface area contributed by atoms with Crippen LogP contribution in [-0.2, 0) is 14.9 Å². The third kappa shape index (κ3) is 3.52. The van der Waals surface area contributed by atoms with E-state index in [1.165, 1.54) is 5.56 Å². The zero-order chi connectivity index (χ0) is 19.8. The van der Waals surface area contributed by atoms with E-state index >= 15 is 0 Å². The van der Waals surface area contributed by atoms with Gasteiger partial charge in [0.1, 0.15) is 0 Å². The Kier molecular flexibility index (Phi) is 4.92. The molecule has 0 atom stereocenters. The molecule has 1 heterocycles. The molecule has 0 bridgehead atoms.